The van der Waals surface area contributed by atoms with Crippen LogP contribution < -0.4 is 5.32 Å². The van der Waals surface area contributed by atoms with E-state index in [2.05, 4.69) is 10.3 Å². The number of benzene rings is 2. The molecule has 6 nitrogen and oxygen atoms in total. The highest BCUT2D eigenvalue weighted by Gasteiger charge is 2.36. The molecule has 1 atom stereocenters. The molecule has 204 valence electrons. The first kappa shape index (κ1) is 26.6. The molecule has 39 heavy (non-hydrogen) atoms. The molecule has 5 rings (SSSR count). The zero-order valence-corrected chi connectivity index (χ0v) is 21.6. The molecular weight excluding hydrogens is 510 g/mol. The van der Waals surface area contributed by atoms with Crippen LogP contribution in [-0.4, -0.2) is 46.8 Å². The molecular formula is C29H29F4N5O. The lowest BCUT2D eigenvalue weighted by Crippen LogP contribution is -2.31. The number of carbonyl (C=O) groups is 1. The Balaban J connectivity index is 1.52. The second-order valence-corrected chi connectivity index (χ2v) is 10.3. The summed E-state index contributed by atoms with van der Waals surface area (Å²) >= 11 is 0. The summed E-state index contributed by atoms with van der Waals surface area (Å²) in [6.07, 6.45) is -1.74. The number of pyridine rings is 1. The quantitative estimate of drug-likeness (QED) is 0.374. The topological polar surface area (TPSA) is 72.3 Å². The van der Waals surface area contributed by atoms with Crippen molar-refractivity contribution in [1.82, 2.24) is 20.1 Å². The minimum Gasteiger partial charge on any atom is -0.345 e. The Hall–Kier alpha value is -3.95. The summed E-state index contributed by atoms with van der Waals surface area (Å²) in [4.78, 5) is 20.8. The molecule has 2 aromatic carbocycles. The molecule has 2 heterocycles. The van der Waals surface area contributed by atoms with Gasteiger partial charge in [0.2, 0.25) is 0 Å². The van der Waals surface area contributed by atoms with Crippen LogP contribution in [0.25, 0.3) is 11.1 Å². The van der Waals surface area contributed by atoms with Crippen LogP contribution in [0.15, 0.2) is 54.7 Å². The molecule has 2 N–H and O–H groups in total. The normalized spacial score (nSPS) is 16.5. The fourth-order valence-electron chi connectivity index (χ4n) is 5.02. The minimum atomic E-state index is -4.67. The van der Waals surface area contributed by atoms with E-state index in [0.29, 0.717) is 30.2 Å². The molecule has 0 bridgehead atoms. The Kier molecular flexibility index (Phi) is 7.05. The number of hydrogen-bond acceptors (Lipinski definition) is 3. The Morgan fingerprint density at radius 3 is 2.56 bits per heavy atom. The molecule has 1 saturated heterocycles. The molecule has 10 heteroatoms. The lowest BCUT2D eigenvalue weighted by atomic mass is 9.96. The van der Waals surface area contributed by atoms with Crippen LogP contribution in [0.3, 0.4) is 0 Å². The molecule has 1 amide bonds. The fourth-order valence-corrected chi connectivity index (χ4v) is 5.02. The Morgan fingerprint density at radius 1 is 1.15 bits per heavy atom. The Morgan fingerprint density at radius 2 is 1.92 bits per heavy atom. The summed E-state index contributed by atoms with van der Waals surface area (Å²) in [5.74, 6) is -0.239. The second kappa shape index (κ2) is 10.3. The molecule has 1 aromatic heterocycles. The number of aryl methyl sites for hydroxylation is 1. The van der Waals surface area contributed by atoms with Gasteiger partial charge in [0.25, 0.3) is 5.91 Å². The van der Waals surface area contributed by atoms with Crippen LogP contribution in [0.4, 0.5) is 17.6 Å². The van der Waals surface area contributed by atoms with E-state index in [4.69, 9.17) is 5.41 Å². The van der Waals surface area contributed by atoms with E-state index in [1.807, 2.05) is 4.90 Å². The smallest absolute Gasteiger partial charge is 0.345 e. The number of guanidine groups is 1. The first-order valence-corrected chi connectivity index (χ1v) is 12.8. The molecule has 0 spiro atoms. The van der Waals surface area contributed by atoms with E-state index < -0.39 is 17.8 Å². The summed E-state index contributed by atoms with van der Waals surface area (Å²) in [6.45, 7) is 3.18. The standard InChI is InChI=1S/C29H29F4N5O/c1-17-12-20(7-8-24(17)30)25(19-5-6-19)36-27(39)22-14-18(16-38-11-10-37(2)28(38)34)13-21(15-22)23-4-3-9-35-26(23)29(31,32)33/h3-4,7-9,12-15,19,25,34H,5-6,10-11,16H2,1-2H3,(H,36,39)/t25-/m0/s1. The SMILES string of the molecule is Cc1cc([C@@H](NC(=O)c2cc(CN3CCN(C)C3=N)cc(-c3cccnc3C(F)(F)F)c2)C2CC2)ccc1F. The average molecular weight is 540 g/mol. The van der Waals surface area contributed by atoms with Crippen LogP contribution in [0.5, 0.6) is 0 Å². The highest BCUT2D eigenvalue weighted by atomic mass is 19.4. The number of likely N-dealkylation sites (N-methyl/N-ethyl adjacent to an activating group) is 1. The van der Waals surface area contributed by atoms with Gasteiger partial charge in [0, 0.05) is 44.0 Å². The van der Waals surface area contributed by atoms with Crippen molar-refractivity contribution in [3.63, 3.8) is 0 Å². The van der Waals surface area contributed by atoms with E-state index in [0.717, 1.165) is 24.6 Å². The minimum absolute atomic E-state index is 0.123. The number of rotatable bonds is 7. The molecule has 1 aliphatic carbocycles. The second-order valence-electron chi connectivity index (χ2n) is 10.3. The third kappa shape index (κ3) is 5.74. The fraction of sp³-hybridized carbons (Fsp3) is 0.345. The van der Waals surface area contributed by atoms with Crippen LogP contribution >= 0.6 is 0 Å². The first-order valence-electron chi connectivity index (χ1n) is 12.8. The van der Waals surface area contributed by atoms with Gasteiger partial charge in [-0.3, -0.25) is 15.2 Å². The number of aromatic nitrogens is 1. The van der Waals surface area contributed by atoms with Crippen LogP contribution in [0.2, 0.25) is 0 Å². The molecule has 2 aliphatic rings. The van der Waals surface area contributed by atoms with E-state index in [-0.39, 0.29) is 41.0 Å². The Bertz CT molecular complexity index is 1420. The summed E-state index contributed by atoms with van der Waals surface area (Å²) in [5, 5.41) is 11.3. The van der Waals surface area contributed by atoms with Crippen molar-refractivity contribution in [2.45, 2.75) is 38.5 Å². The van der Waals surface area contributed by atoms with Crippen LogP contribution in [0.1, 0.15) is 51.6 Å². The summed E-state index contributed by atoms with van der Waals surface area (Å²) in [7, 11) is 1.80. The zero-order chi connectivity index (χ0) is 27.9. The number of alkyl halides is 3. The number of nitrogens with zero attached hydrogens (tertiary/aromatic N) is 3. The number of hydrogen-bond donors (Lipinski definition) is 2. The van der Waals surface area contributed by atoms with Crippen molar-refractivity contribution < 1.29 is 22.4 Å². The van der Waals surface area contributed by atoms with Gasteiger partial charge in [-0.1, -0.05) is 18.2 Å². The highest BCUT2D eigenvalue weighted by molar-refractivity contribution is 5.96. The lowest BCUT2D eigenvalue weighted by molar-refractivity contribution is -0.140. The molecule has 1 aliphatic heterocycles. The third-order valence-electron chi connectivity index (χ3n) is 7.30. The van der Waals surface area contributed by atoms with E-state index >= 15 is 0 Å². The molecule has 2 fully saturated rings. The van der Waals surface area contributed by atoms with Gasteiger partial charge in [-0.25, -0.2) is 4.39 Å². The summed E-state index contributed by atoms with van der Waals surface area (Å²) < 4.78 is 55.4. The monoisotopic (exact) mass is 539 g/mol. The van der Waals surface area contributed by atoms with Crippen molar-refractivity contribution in [3.8, 4) is 11.1 Å². The number of nitrogens with one attached hydrogen (secondary N) is 2. The molecule has 3 aromatic rings. The molecule has 1 saturated carbocycles. The highest BCUT2D eigenvalue weighted by Crippen LogP contribution is 2.42. The number of amides is 1. The van der Waals surface area contributed by atoms with Gasteiger partial charge >= 0.3 is 6.18 Å². The van der Waals surface area contributed by atoms with Gasteiger partial charge in [0.1, 0.15) is 5.82 Å². The van der Waals surface area contributed by atoms with Gasteiger partial charge in [-0.05, 0) is 78.3 Å². The Labute approximate surface area is 224 Å². The maximum absolute atomic E-state index is 13.9. The van der Waals surface area contributed by atoms with E-state index in [1.54, 1.807) is 43.1 Å². The van der Waals surface area contributed by atoms with Crippen molar-refractivity contribution in [2.75, 3.05) is 20.1 Å². The lowest BCUT2D eigenvalue weighted by Gasteiger charge is -2.22. The van der Waals surface area contributed by atoms with Gasteiger partial charge in [0.15, 0.2) is 11.7 Å². The van der Waals surface area contributed by atoms with Gasteiger partial charge in [-0.2, -0.15) is 13.2 Å². The van der Waals surface area contributed by atoms with Gasteiger partial charge in [-0.15, -0.1) is 0 Å². The average Bonchev–Trinajstić information content (AvgIpc) is 3.70. The molecule has 0 radical (unpaired) electrons. The largest absolute Gasteiger partial charge is 0.433 e. The summed E-state index contributed by atoms with van der Waals surface area (Å²) in [5.41, 5.74) is 1.16. The predicted molar refractivity (Wildman–Crippen MR) is 140 cm³/mol. The van der Waals surface area contributed by atoms with Crippen molar-refractivity contribution in [1.29, 1.82) is 5.41 Å². The zero-order valence-electron chi connectivity index (χ0n) is 21.6. The van der Waals surface area contributed by atoms with Crippen molar-refractivity contribution in [3.05, 3.63) is 88.5 Å². The van der Waals surface area contributed by atoms with Crippen LogP contribution in [0, 0.1) is 24.1 Å². The molecule has 0 unspecified atom stereocenters. The van der Waals surface area contributed by atoms with Gasteiger partial charge in [0.05, 0.1) is 6.04 Å². The van der Waals surface area contributed by atoms with Crippen molar-refractivity contribution in [2.24, 2.45) is 5.92 Å². The van der Waals surface area contributed by atoms with E-state index in [9.17, 15) is 22.4 Å². The van der Waals surface area contributed by atoms with E-state index in [1.165, 1.54) is 24.3 Å². The van der Waals surface area contributed by atoms with Gasteiger partial charge < -0.3 is 15.1 Å². The maximum atomic E-state index is 13.9. The van der Waals surface area contributed by atoms with Crippen molar-refractivity contribution >= 4 is 11.9 Å². The van der Waals surface area contributed by atoms with Crippen LogP contribution in [-0.2, 0) is 12.7 Å². The number of carbonyl (C=O) groups excluding carboxylic acids is 1. The summed E-state index contributed by atoms with van der Waals surface area (Å²) in [6, 6.07) is 11.9. The number of halogens is 4. The third-order valence-corrected chi connectivity index (χ3v) is 7.30. The predicted octanol–water partition coefficient (Wildman–Crippen LogP) is 5.78. The first-order chi connectivity index (χ1) is 18.5. The maximum Gasteiger partial charge on any atom is 0.433 e.